The average molecular weight is 261 g/mol. The predicted molar refractivity (Wildman–Crippen MR) is 77.3 cm³/mol. The third-order valence-electron chi connectivity index (χ3n) is 3.80. The van der Waals surface area contributed by atoms with E-state index in [-0.39, 0.29) is 5.91 Å². The van der Waals surface area contributed by atoms with Gasteiger partial charge in [0.2, 0.25) is 0 Å². The van der Waals surface area contributed by atoms with Gasteiger partial charge in [-0.2, -0.15) is 0 Å². The first-order chi connectivity index (χ1) is 9.20. The summed E-state index contributed by atoms with van der Waals surface area (Å²) in [6, 6.07) is 3.99. The number of rotatable bonds is 4. The van der Waals surface area contributed by atoms with Crippen molar-refractivity contribution >= 4 is 11.6 Å². The van der Waals surface area contributed by atoms with Crippen LogP contribution in [0.3, 0.4) is 0 Å². The van der Waals surface area contributed by atoms with Gasteiger partial charge in [0, 0.05) is 24.5 Å². The number of anilines is 1. The normalized spacial score (nSPS) is 22.8. The van der Waals surface area contributed by atoms with Crippen LogP contribution in [-0.4, -0.2) is 23.5 Å². The van der Waals surface area contributed by atoms with Gasteiger partial charge in [-0.3, -0.25) is 9.78 Å². The monoisotopic (exact) mass is 261 g/mol. The Bertz CT molecular complexity index is 433. The topological polar surface area (TPSA) is 54.0 Å². The van der Waals surface area contributed by atoms with Crippen molar-refractivity contribution < 1.29 is 4.79 Å². The second kappa shape index (κ2) is 6.55. The van der Waals surface area contributed by atoms with E-state index in [1.54, 1.807) is 6.20 Å². The van der Waals surface area contributed by atoms with Crippen molar-refractivity contribution in [2.45, 2.75) is 45.6 Å². The Hall–Kier alpha value is -1.58. The molecule has 2 rings (SSSR count). The molecule has 0 bridgehead atoms. The van der Waals surface area contributed by atoms with Gasteiger partial charge in [0.25, 0.3) is 5.91 Å². The minimum Gasteiger partial charge on any atom is -0.385 e. The van der Waals surface area contributed by atoms with Gasteiger partial charge in [-0.1, -0.05) is 19.8 Å². The van der Waals surface area contributed by atoms with Crippen molar-refractivity contribution in [3.8, 4) is 0 Å². The number of carbonyl (C=O) groups is 1. The van der Waals surface area contributed by atoms with E-state index in [4.69, 9.17) is 0 Å². The van der Waals surface area contributed by atoms with Gasteiger partial charge < -0.3 is 10.6 Å². The summed E-state index contributed by atoms with van der Waals surface area (Å²) < 4.78 is 0. The van der Waals surface area contributed by atoms with E-state index in [9.17, 15) is 4.79 Å². The van der Waals surface area contributed by atoms with E-state index in [1.807, 2.05) is 19.1 Å². The highest BCUT2D eigenvalue weighted by molar-refractivity contribution is 5.93. The summed E-state index contributed by atoms with van der Waals surface area (Å²) in [5, 5.41) is 6.32. The molecule has 2 unspecified atom stereocenters. The summed E-state index contributed by atoms with van der Waals surface area (Å²) in [6.07, 6.45) is 6.45. The summed E-state index contributed by atoms with van der Waals surface area (Å²) in [7, 11) is 0. The molecule has 0 saturated heterocycles. The smallest absolute Gasteiger partial charge is 0.270 e. The minimum absolute atomic E-state index is 0.0569. The molecule has 4 nitrogen and oxygen atoms in total. The fraction of sp³-hybridized carbons (Fsp3) is 0.600. The molecule has 1 fully saturated rings. The zero-order valence-electron chi connectivity index (χ0n) is 11.8. The van der Waals surface area contributed by atoms with Crippen LogP contribution >= 0.6 is 0 Å². The molecule has 1 heterocycles. The molecule has 2 N–H and O–H groups in total. The fourth-order valence-corrected chi connectivity index (χ4v) is 2.64. The fourth-order valence-electron chi connectivity index (χ4n) is 2.64. The van der Waals surface area contributed by atoms with Gasteiger partial charge >= 0.3 is 0 Å². The number of pyridine rings is 1. The Morgan fingerprint density at radius 3 is 2.95 bits per heavy atom. The minimum atomic E-state index is -0.0569. The zero-order chi connectivity index (χ0) is 13.7. The molecule has 1 amide bonds. The van der Waals surface area contributed by atoms with E-state index in [0.29, 0.717) is 17.7 Å². The molecule has 1 aliphatic carbocycles. The lowest BCUT2D eigenvalue weighted by Gasteiger charge is -2.29. The highest BCUT2D eigenvalue weighted by Crippen LogP contribution is 2.24. The number of hydrogen-bond acceptors (Lipinski definition) is 3. The number of nitrogens with one attached hydrogen (secondary N) is 2. The first-order valence-electron chi connectivity index (χ1n) is 7.21. The summed E-state index contributed by atoms with van der Waals surface area (Å²) in [5.74, 6) is 0.508. The second-order valence-corrected chi connectivity index (χ2v) is 5.30. The van der Waals surface area contributed by atoms with Crippen molar-refractivity contribution in [1.29, 1.82) is 0 Å². The van der Waals surface area contributed by atoms with Crippen LogP contribution in [0.15, 0.2) is 18.3 Å². The van der Waals surface area contributed by atoms with Crippen LogP contribution in [0, 0.1) is 5.92 Å². The Kier molecular flexibility index (Phi) is 4.77. The van der Waals surface area contributed by atoms with Crippen LogP contribution in [0.1, 0.15) is 50.0 Å². The van der Waals surface area contributed by atoms with E-state index in [1.165, 1.54) is 19.3 Å². The van der Waals surface area contributed by atoms with Crippen LogP contribution < -0.4 is 10.6 Å². The molecule has 0 aromatic carbocycles. The van der Waals surface area contributed by atoms with E-state index in [2.05, 4.69) is 22.5 Å². The van der Waals surface area contributed by atoms with Gasteiger partial charge in [0.15, 0.2) is 0 Å². The maximum absolute atomic E-state index is 12.2. The maximum atomic E-state index is 12.2. The first-order valence-corrected chi connectivity index (χ1v) is 7.21. The Morgan fingerprint density at radius 1 is 1.42 bits per heavy atom. The van der Waals surface area contributed by atoms with Gasteiger partial charge in [0.1, 0.15) is 5.69 Å². The van der Waals surface area contributed by atoms with E-state index < -0.39 is 0 Å². The number of amides is 1. The Balaban J connectivity index is 2.00. The summed E-state index contributed by atoms with van der Waals surface area (Å²) >= 11 is 0. The number of nitrogens with zero attached hydrogens (tertiary/aromatic N) is 1. The van der Waals surface area contributed by atoms with Crippen LogP contribution in [-0.2, 0) is 0 Å². The molecule has 19 heavy (non-hydrogen) atoms. The summed E-state index contributed by atoms with van der Waals surface area (Å²) in [4.78, 5) is 16.4. The molecule has 1 aromatic heterocycles. The lowest BCUT2D eigenvalue weighted by Crippen LogP contribution is -2.41. The SMILES string of the molecule is CCNc1ccnc(C(=O)NC2CCCCC2C)c1. The second-order valence-electron chi connectivity index (χ2n) is 5.30. The molecule has 104 valence electrons. The number of aromatic nitrogens is 1. The largest absolute Gasteiger partial charge is 0.385 e. The maximum Gasteiger partial charge on any atom is 0.270 e. The van der Waals surface area contributed by atoms with E-state index >= 15 is 0 Å². The molecular weight excluding hydrogens is 238 g/mol. The third kappa shape index (κ3) is 3.69. The molecule has 0 radical (unpaired) electrons. The first kappa shape index (κ1) is 13.8. The highest BCUT2D eigenvalue weighted by Gasteiger charge is 2.23. The van der Waals surface area contributed by atoms with Crippen LogP contribution in [0.4, 0.5) is 5.69 Å². The van der Waals surface area contributed by atoms with Gasteiger partial charge in [-0.05, 0) is 37.8 Å². The Labute approximate surface area is 115 Å². The number of hydrogen-bond donors (Lipinski definition) is 2. The van der Waals surface area contributed by atoms with Crippen molar-refractivity contribution in [2.24, 2.45) is 5.92 Å². The highest BCUT2D eigenvalue weighted by atomic mass is 16.1. The van der Waals surface area contributed by atoms with Crippen molar-refractivity contribution in [3.05, 3.63) is 24.0 Å². The summed E-state index contributed by atoms with van der Waals surface area (Å²) in [6.45, 7) is 5.08. The zero-order valence-corrected chi connectivity index (χ0v) is 11.8. The van der Waals surface area contributed by atoms with Crippen LogP contribution in [0.25, 0.3) is 0 Å². The Morgan fingerprint density at radius 2 is 2.21 bits per heavy atom. The van der Waals surface area contributed by atoms with Crippen LogP contribution in [0.2, 0.25) is 0 Å². The lowest BCUT2D eigenvalue weighted by atomic mass is 9.86. The molecule has 4 heteroatoms. The van der Waals surface area contributed by atoms with Crippen molar-refractivity contribution in [2.75, 3.05) is 11.9 Å². The van der Waals surface area contributed by atoms with Crippen LogP contribution in [0.5, 0.6) is 0 Å². The van der Waals surface area contributed by atoms with Gasteiger partial charge in [0.05, 0.1) is 0 Å². The molecule has 0 spiro atoms. The van der Waals surface area contributed by atoms with Crippen molar-refractivity contribution in [3.63, 3.8) is 0 Å². The molecule has 1 aliphatic rings. The molecule has 0 aliphatic heterocycles. The molecular formula is C15H23N3O. The third-order valence-corrected chi connectivity index (χ3v) is 3.80. The van der Waals surface area contributed by atoms with Gasteiger partial charge in [-0.15, -0.1) is 0 Å². The molecule has 2 atom stereocenters. The molecule has 1 saturated carbocycles. The lowest BCUT2D eigenvalue weighted by molar-refractivity contribution is 0.0905. The van der Waals surface area contributed by atoms with Crippen molar-refractivity contribution in [1.82, 2.24) is 10.3 Å². The van der Waals surface area contributed by atoms with E-state index in [0.717, 1.165) is 18.7 Å². The quantitative estimate of drug-likeness (QED) is 0.876. The average Bonchev–Trinajstić information content (AvgIpc) is 2.42. The number of carbonyl (C=O) groups excluding carboxylic acids is 1. The van der Waals surface area contributed by atoms with Gasteiger partial charge in [-0.25, -0.2) is 0 Å². The predicted octanol–water partition coefficient (Wildman–Crippen LogP) is 2.82. The standard InChI is InChI=1S/C15H23N3O/c1-3-16-12-8-9-17-14(10-12)15(19)18-13-7-5-4-6-11(13)2/h8-11,13H,3-7H2,1-2H3,(H,16,17)(H,18,19). The molecule has 1 aromatic rings. The summed E-state index contributed by atoms with van der Waals surface area (Å²) in [5.41, 5.74) is 1.44.